The SMILES string of the molecule is O=C(O)c1cc(F)c(NC2CCSC2)c(F)c1. The van der Waals surface area contributed by atoms with E-state index < -0.39 is 17.6 Å². The summed E-state index contributed by atoms with van der Waals surface area (Å²) in [6, 6.07) is 1.70. The number of hydrogen-bond acceptors (Lipinski definition) is 3. The number of thioether (sulfide) groups is 1. The van der Waals surface area contributed by atoms with Crippen molar-refractivity contribution in [1.29, 1.82) is 0 Å². The summed E-state index contributed by atoms with van der Waals surface area (Å²) in [5.74, 6) is -1.29. The van der Waals surface area contributed by atoms with Gasteiger partial charge in [0.1, 0.15) is 17.3 Å². The zero-order valence-electron chi connectivity index (χ0n) is 8.87. The van der Waals surface area contributed by atoms with E-state index in [2.05, 4.69) is 5.32 Å². The Morgan fingerprint density at radius 2 is 2.06 bits per heavy atom. The summed E-state index contributed by atoms with van der Waals surface area (Å²) in [6.45, 7) is 0. The van der Waals surface area contributed by atoms with Crippen molar-refractivity contribution in [2.75, 3.05) is 16.8 Å². The molecule has 2 rings (SSSR count). The van der Waals surface area contributed by atoms with Crippen molar-refractivity contribution in [3.8, 4) is 0 Å². The molecule has 1 aromatic carbocycles. The fourth-order valence-corrected chi connectivity index (χ4v) is 2.84. The minimum Gasteiger partial charge on any atom is -0.478 e. The minimum absolute atomic E-state index is 0.0414. The van der Waals surface area contributed by atoms with E-state index in [1.165, 1.54) is 0 Å². The molecule has 92 valence electrons. The molecule has 0 amide bonds. The summed E-state index contributed by atoms with van der Waals surface area (Å²) in [6.07, 6.45) is 0.851. The highest BCUT2D eigenvalue weighted by Gasteiger charge is 2.20. The van der Waals surface area contributed by atoms with Gasteiger partial charge in [-0.3, -0.25) is 0 Å². The van der Waals surface area contributed by atoms with Crippen LogP contribution in [-0.4, -0.2) is 28.6 Å². The molecule has 1 aliphatic rings. The van der Waals surface area contributed by atoms with Gasteiger partial charge < -0.3 is 10.4 Å². The van der Waals surface area contributed by atoms with E-state index in [4.69, 9.17) is 5.11 Å². The molecule has 0 aromatic heterocycles. The lowest BCUT2D eigenvalue weighted by atomic mass is 10.1. The number of rotatable bonds is 3. The Morgan fingerprint density at radius 3 is 2.53 bits per heavy atom. The monoisotopic (exact) mass is 259 g/mol. The van der Waals surface area contributed by atoms with Crippen molar-refractivity contribution in [1.82, 2.24) is 0 Å². The average molecular weight is 259 g/mol. The van der Waals surface area contributed by atoms with Crippen LogP contribution in [0.2, 0.25) is 0 Å². The third kappa shape index (κ3) is 2.69. The first-order valence-corrected chi connectivity index (χ1v) is 6.30. The Labute approximate surface area is 101 Å². The van der Waals surface area contributed by atoms with Crippen LogP contribution in [0.25, 0.3) is 0 Å². The van der Waals surface area contributed by atoms with Crippen LogP contribution in [0.1, 0.15) is 16.8 Å². The lowest BCUT2D eigenvalue weighted by Crippen LogP contribution is -2.20. The van der Waals surface area contributed by atoms with Gasteiger partial charge in [0.25, 0.3) is 0 Å². The molecular weight excluding hydrogens is 248 g/mol. The van der Waals surface area contributed by atoms with Gasteiger partial charge in [-0.25, -0.2) is 13.6 Å². The number of benzene rings is 1. The summed E-state index contributed by atoms with van der Waals surface area (Å²) in [5.41, 5.74) is -0.617. The second kappa shape index (κ2) is 4.91. The Balaban J connectivity index is 2.24. The van der Waals surface area contributed by atoms with Crippen molar-refractivity contribution in [3.63, 3.8) is 0 Å². The van der Waals surface area contributed by atoms with Gasteiger partial charge in [0.15, 0.2) is 0 Å². The van der Waals surface area contributed by atoms with Gasteiger partial charge >= 0.3 is 5.97 Å². The first-order valence-electron chi connectivity index (χ1n) is 5.14. The van der Waals surface area contributed by atoms with Crippen LogP contribution in [0.4, 0.5) is 14.5 Å². The van der Waals surface area contributed by atoms with Gasteiger partial charge in [0.05, 0.1) is 5.56 Å². The van der Waals surface area contributed by atoms with Gasteiger partial charge in [0.2, 0.25) is 0 Å². The Bertz CT molecular complexity index is 424. The lowest BCUT2D eigenvalue weighted by molar-refractivity contribution is 0.0696. The molecule has 1 unspecified atom stereocenters. The van der Waals surface area contributed by atoms with Crippen molar-refractivity contribution < 1.29 is 18.7 Å². The predicted molar refractivity (Wildman–Crippen MR) is 62.7 cm³/mol. The number of halogens is 2. The molecule has 3 nitrogen and oxygen atoms in total. The zero-order chi connectivity index (χ0) is 12.4. The highest BCUT2D eigenvalue weighted by molar-refractivity contribution is 7.99. The largest absolute Gasteiger partial charge is 0.478 e. The summed E-state index contributed by atoms with van der Waals surface area (Å²) < 4.78 is 27.1. The van der Waals surface area contributed by atoms with E-state index in [-0.39, 0.29) is 17.3 Å². The van der Waals surface area contributed by atoms with Gasteiger partial charge in [-0.2, -0.15) is 11.8 Å². The summed E-state index contributed by atoms with van der Waals surface area (Å²) in [5, 5.41) is 11.4. The normalized spacial score (nSPS) is 19.3. The number of carbonyl (C=O) groups is 1. The molecule has 0 spiro atoms. The molecular formula is C11H11F2NO2S. The first kappa shape index (κ1) is 12.2. The topological polar surface area (TPSA) is 49.3 Å². The molecule has 0 aliphatic carbocycles. The fourth-order valence-electron chi connectivity index (χ4n) is 1.69. The Kier molecular flexibility index (Phi) is 3.51. The maximum atomic E-state index is 13.6. The highest BCUT2D eigenvalue weighted by atomic mass is 32.2. The number of carboxylic acids is 1. The van der Waals surface area contributed by atoms with Crippen molar-refractivity contribution in [3.05, 3.63) is 29.3 Å². The summed E-state index contributed by atoms with van der Waals surface area (Å²) in [4.78, 5) is 10.6. The van der Waals surface area contributed by atoms with Crippen LogP contribution < -0.4 is 5.32 Å². The smallest absolute Gasteiger partial charge is 0.335 e. The molecule has 2 N–H and O–H groups in total. The molecule has 0 bridgehead atoms. The number of nitrogens with one attached hydrogen (secondary N) is 1. The molecule has 1 saturated heterocycles. The van der Waals surface area contributed by atoms with Gasteiger partial charge in [-0.05, 0) is 24.3 Å². The zero-order valence-corrected chi connectivity index (χ0v) is 9.69. The molecule has 0 radical (unpaired) electrons. The molecule has 1 aliphatic heterocycles. The lowest BCUT2D eigenvalue weighted by Gasteiger charge is -2.14. The van der Waals surface area contributed by atoms with Crippen LogP contribution in [0.15, 0.2) is 12.1 Å². The maximum absolute atomic E-state index is 13.6. The third-order valence-electron chi connectivity index (χ3n) is 2.57. The molecule has 0 saturated carbocycles. The van der Waals surface area contributed by atoms with E-state index in [1.807, 2.05) is 0 Å². The summed E-state index contributed by atoms with van der Waals surface area (Å²) >= 11 is 1.72. The second-order valence-electron chi connectivity index (χ2n) is 3.82. The van der Waals surface area contributed by atoms with Gasteiger partial charge in [-0.15, -0.1) is 0 Å². The van der Waals surface area contributed by atoms with E-state index in [1.54, 1.807) is 11.8 Å². The van der Waals surface area contributed by atoms with Gasteiger partial charge in [0, 0.05) is 11.8 Å². The molecule has 6 heteroatoms. The molecule has 17 heavy (non-hydrogen) atoms. The summed E-state index contributed by atoms with van der Waals surface area (Å²) in [7, 11) is 0. The van der Waals surface area contributed by atoms with Crippen molar-refractivity contribution in [2.45, 2.75) is 12.5 Å². The molecule has 1 aromatic rings. The predicted octanol–water partition coefficient (Wildman–Crippen LogP) is 2.58. The maximum Gasteiger partial charge on any atom is 0.335 e. The van der Waals surface area contributed by atoms with Crippen LogP contribution in [0.5, 0.6) is 0 Å². The molecule has 1 heterocycles. The number of carboxylic acid groups (broad SMARTS) is 1. The Hall–Kier alpha value is -1.30. The standard InChI is InChI=1S/C11H11F2NO2S/c12-8-3-6(11(15)16)4-9(13)10(8)14-7-1-2-17-5-7/h3-4,7,14H,1-2,5H2,(H,15,16). The second-order valence-corrected chi connectivity index (χ2v) is 4.97. The Morgan fingerprint density at radius 1 is 1.41 bits per heavy atom. The van der Waals surface area contributed by atoms with Gasteiger partial charge in [-0.1, -0.05) is 0 Å². The van der Waals surface area contributed by atoms with E-state index in [0.717, 1.165) is 30.1 Å². The van der Waals surface area contributed by atoms with Crippen molar-refractivity contribution in [2.24, 2.45) is 0 Å². The van der Waals surface area contributed by atoms with E-state index in [9.17, 15) is 13.6 Å². The van der Waals surface area contributed by atoms with E-state index >= 15 is 0 Å². The molecule has 1 fully saturated rings. The highest BCUT2D eigenvalue weighted by Crippen LogP contribution is 2.26. The van der Waals surface area contributed by atoms with Crippen LogP contribution in [0, 0.1) is 11.6 Å². The number of hydrogen-bond donors (Lipinski definition) is 2. The quantitative estimate of drug-likeness (QED) is 0.876. The van der Waals surface area contributed by atoms with Crippen LogP contribution >= 0.6 is 11.8 Å². The molecule has 1 atom stereocenters. The number of aromatic carboxylic acids is 1. The van der Waals surface area contributed by atoms with Crippen molar-refractivity contribution >= 4 is 23.4 Å². The number of anilines is 1. The first-order chi connectivity index (χ1) is 8.08. The van der Waals surface area contributed by atoms with E-state index in [0.29, 0.717) is 0 Å². The van der Waals surface area contributed by atoms with Crippen LogP contribution in [0.3, 0.4) is 0 Å². The average Bonchev–Trinajstić information content (AvgIpc) is 2.75. The minimum atomic E-state index is -1.34. The fraction of sp³-hybridized carbons (Fsp3) is 0.364. The van der Waals surface area contributed by atoms with Crippen LogP contribution in [-0.2, 0) is 0 Å². The third-order valence-corrected chi connectivity index (χ3v) is 3.73.